The molecule has 2 saturated heterocycles. The molecule has 3 aliphatic rings. The molecule has 0 radical (unpaired) electrons. The first kappa shape index (κ1) is 37.8. The number of benzene rings is 2. The van der Waals surface area contributed by atoms with Crippen molar-refractivity contribution in [3.8, 4) is 5.75 Å². The number of likely N-dealkylation sites (tertiary alicyclic amines) is 1. The van der Waals surface area contributed by atoms with E-state index < -0.39 is 0 Å². The number of carbonyl (C=O) groups is 1. The van der Waals surface area contributed by atoms with Gasteiger partial charge in [-0.15, -0.1) is 0 Å². The third kappa shape index (κ3) is 10.1. The van der Waals surface area contributed by atoms with Gasteiger partial charge in [-0.2, -0.15) is 0 Å². The zero-order valence-corrected chi connectivity index (χ0v) is 31.4. The maximum atomic E-state index is 13.7. The van der Waals surface area contributed by atoms with Crippen LogP contribution in [-0.4, -0.2) is 78.1 Å². The van der Waals surface area contributed by atoms with Gasteiger partial charge in [0.15, 0.2) is 0 Å². The summed E-state index contributed by atoms with van der Waals surface area (Å²) < 4.78 is 13.6. The largest absolute Gasteiger partial charge is 0.484 e. The molecule has 53 heavy (non-hydrogen) atoms. The van der Waals surface area contributed by atoms with Crippen molar-refractivity contribution in [3.05, 3.63) is 101 Å². The Hall–Kier alpha value is -4.94. The number of morpholine rings is 1. The predicted octanol–water partition coefficient (Wildman–Crippen LogP) is 5.98. The Morgan fingerprint density at radius 2 is 1.75 bits per heavy atom. The molecule has 1 aromatic heterocycles. The molecular weight excluding hydrogens is 667 g/mol. The van der Waals surface area contributed by atoms with Crippen molar-refractivity contribution in [1.82, 2.24) is 25.0 Å². The van der Waals surface area contributed by atoms with Gasteiger partial charge >= 0.3 is 6.03 Å². The quantitative estimate of drug-likeness (QED) is 0.142. The first-order chi connectivity index (χ1) is 25.5. The summed E-state index contributed by atoms with van der Waals surface area (Å²) in [6.45, 7) is 12.1. The van der Waals surface area contributed by atoms with Crippen LogP contribution >= 0.6 is 0 Å². The number of pyridine rings is 1. The highest BCUT2D eigenvalue weighted by molar-refractivity contribution is 6.05. The molecule has 6 rings (SSSR count). The van der Waals surface area contributed by atoms with E-state index in [1.54, 1.807) is 29.0 Å². The Balaban J connectivity index is 1.15. The molecular formula is C41H55N9O3. The van der Waals surface area contributed by atoms with Crippen LogP contribution in [0.2, 0.25) is 0 Å². The lowest BCUT2D eigenvalue weighted by atomic mass is 9.85. The number of nitrogens with zero attached hydrogens (tertiary/aromatic N) is 4. The van der Waals surface area contributed by atoms with Crippen LogP contribution in [-0.2, 0) is 11.2 Å². The molecule has 3 aromatic rings. The van der Waals surface area contributed by atoms with Crippen LogP contribution in [0.1, 0.15) is 81.7 Å². The van der Waals surface area contributed by atoms with Gasteiger partial charge in [0.2, 0.25) is 5.96 Å². The number of aliphatic imine (C=N–C) groups is 1. The number of hydrogen-bond donors (Lipinski definition) is 5. The van der Waals surface area contributed by atoms with Gasteiger partial charge in [0.1, 0.15) is 23.2 Å². The molecule has 6 N–H and O–H groups in total. The van der Waals surface area contributed by atoms with Crippen LogP contribution in [0.25, 0.3) is 0 Å². The number of piperidine rings is 1. The molecule has 2 amide bonds. The molecule has 2 unspecified atom stereocenters. The van der Waals surface area contributed by atoms with Crippen LogP contribution < -0.4 is 26.6 Å². The average molecular weight is 722 g/mol. The summed E-state index contributed by atoms with van der Waals surface area (Å²) in [6.07, 6.45) is 8.76. The van der Waals surface area contributed by atoms with Crippen LogP contribution in [0, 0.1) is 16.2 Å². The van der Waals surface area contributed by atoms with E-state index in [9.17, 15) is 4.79 Å². The minimum atomic E-state index is -0.368. The van der Waals surface area contributed by atoms with Gasteiger partial charge in [-0.25, -0.2) is 9.79 Å². The molecule has 1 aliphatic carbocycles. The topological polar surface area (TPSA) is 157 Å². The van der Waals surface area contributed by atoms with Gasteiger partial charge in [0, 0.05) is 49.9 Å². The van der Waals surface area contributed by atoms with Gasteiger partial charge in [0.25, 0.3) is 0 Å². The number of ether oxygens (including phenoxy) is 2. The molecule has 12 nitrogen and oxygen atoms in total. The van der Waals surface area contributed by atoms with Gasteiger partial charge in [0.05, 0.1) is 31.1 Å². The molecule has 0 bridgehead atoms. The number of nitrogens with two attached hydrogens (primary N) is 1. The number of fused-ring (bicyclic) bond motifs is 1. The highest BCUT2D eigenvalue weighted by Gasteiger charge is 2.30. The predicted molar refractivity (Wildman–Crippen MR) is 209 cm³/mol. The molecule has 0 spiro atoms. The molecule has 2 aliphatic heterocycles. The Bertz CT molecular complexity index is 1870. The van der Waals surface area contributed by atoms with E-state index in [0.717, 1.165) is 82.0 Å². The van der Waals surface area contributed by atoms with E-state index in [1.807, 2.05) is 62.1 Å². The van der Waals surface area contributed by atoms with Crippen molar-refractivity contribution in [2.45, 2.75) is 71.4 Å². The van der Waals surface area contributed by atoms with Crippen molar-refractivity contribution in [2.75, 3.05) is 45.9 Å². The number of allylic oxidation sites excluding steroid dienone is 1. The molecule has 2 atom stereocenters. The number of hydrogen-bond acceptors (Lipinski definition) is 8. The standard InChI is InChI=1S/C41H55N9O3/c1-41(2,3)36(42)27-38(45-30-11-9-10-29(26-30)18-21-48-22-24-52-25-23-48)47-40(51)46-34-15-16-35(33-13-6-5-12-32(33)34)53-31-14-17-37(43)50(28-31)39(44)49-19-7-4-8-20-49/h5-6,9-14,17,26-28,34-35,43-44H,4,7-8,15-16,18-25,42H2,1-3H3,(H2,45,46,47,51)/b36-27-,43-37?,44-39?. The van der Waals surface area contributed by atoms with Crippen LogP contribution in [0.5, 0.6) is 5.75 Å². The van der Waals surface area contributed by atoms with E-state index in [0.29, 0.717) is 36.1 Å². The summed E-state index contributed by atoms with van der Waals surface area (Å²) in [5.41, 5.74) is 10.9. The number of carbonyl (C=O) groups excluding carboxylic acids is 1. The summed E-state index contributed by atoms with van der Waals surface area (Å²) >= 11 is 0. The number of urea groups is 1. The lowest BCUT2D eigenvalue weighted by molar-refractivity contribution is 0.0384. The fraction of sp³-hybridized carbons (Fsp3) is 0.463. The summed E-state index contributed by atoms with van der Waals surface area (Å²) in [6, 6.07) is 19.0. The van der Waals surface area contributed by atoms with Crippen molar-refractivity contribution < 1.29 is 14.3 Å². The maximum Gasteiger partial charge on any atom is 0.320 e. The fourth-order valence-corrected chi connectivity index (χ4v) is 6.97. The Morgan fingerprint density at radius 3 is 2.51 bits per heavy atom. The Morgan fingerprint density at radius 1 is 1.00 bits per heavy atom. The minimum absolute atomic E-state index is 0.241. The highest BCUT2D eigenvalue weighted by atomic mass is 16.5. The lowest BCUT2D eigenvalue weighted by Crippen LogP contribution is -2.43. The van der Waals surface area contributed by atoms with E-state index in [1.165, 1.54) is 12.0 Å². The maximum absolute atomic E-state index is 13.7. The first-order valence-corrected chi connectivity index (χ1v) is 18.9. The zero-order chi connectivity index (χ0) is 37.4. The monoisotopic (exact) mass is 721 g/mol. The van der Waals surface area contributed by atoms with Gasteiger partial charge < -0.3 is 25.4 Å². The van der Waals surface area contributed by atoms with E-state index in [-0.39, 0.29) is 29.1 Å². The van der Waals surface area contributed by atoms with Gasteiger partial charge in [-0.1, -0.05) is 57.2 Å². The number of amidine groups is 1. The minimum Gasteiger partial charge on any atom is -0.484 e. The zero-order valence-electron chi connectivity index (χ0n) is 31.4. The Labute approximate surface area is 313 Å². The summed E-state index contributed by atoms with van der Waals surface area (Å²) in [4.78, 5) is 23.0. The van der Waals surface area contributed by atoms with E-state index >= 15 is 0 Å². The molecule has 282 valence electrons. The van der Waals surface area contributed by atoms with Crippen molar-refractivity contribution >= 4 is 23.5 Å². The summed E-state index contributed by atoms with van der Waals surface area (Å²) in [5.74, 6) is 1.27. The smallest absolute Gasteiger partial charge is 0.320 e. The van der Waals surface area contributed by atoms with Crippen molar-refractivity contribution in [1.29, 1.82) is 10.8 Å². The number of aromatic nitrogens is 1. The third-order valence-corrected chi connectivity index (χ3v) is 10.2. The fourth-order valence-electron chi connectivity index (χ4n) is 6.97. The summed E-state index contributed by atoms with van der Waals surface area (Å²) in [5, 5.41) is 23.4. The van der Waals surface area contributed by atoms with Crippen LogP contribution in [0.3, 0.4) is 0 Å². The van der Waals surface area contributed by atoms with Crippen molar-refractivity contribution in [2.24, 2.45) is 16.1 Å². The molecule has 3 heterocycles. The van der Waals surface area contributed by atoms with E-state index in [2.05, 4.69) is 27.7 Å². The second-order valence-corrected chi connectivity index (χ2v) is 15.2. The normalized spacial score (nSPS) is 20.0. The van der Waals surface area contributed by atoms with Gasteiger partial charge in [-0.3, -0.25) is 25.6 Å². The molecule has 12 heteroatoms. The molecule has 2 aromatic carbocycles. The van der Waals surface area contributed by atoms with Crippen LogP contribution in [0.15, 0.2) is 83.6 Å². The lowest BCUT2D eigenvalue weighted by Gasteiger charge is -2.33. The second kappa shape index (κ2) is 17.3. The number of rotatable bonds is 8. The third-order valence-electron chi connectivity index (χ3n) is 10.2. The number of amides is 2. The average Bonchev–Trinajstić information content (AvgIpc) is 3.16. The molecule has 0 saturated carbocycles. The molecule has 2 fully saturated rings. The number of nitrogens with one attached hydrogen (secondary N) is 4. The first-order valence-electron chi connectivity index (χ1n) is 18.9. The highest BCUT2D eigenvalue weighted by Crippen LogP contribution is 2.38. The van der Waals surface area contributed by atoms with Gasteiger partial charge in [-0.05, 0) is 79.5 Å². The second-order valence-electron chi connectivity index (χ2n) is 15.2. The Kier molecular flexibility index (Phi) is 12.3. The van der Waals surface area contributed by atoms with Crippen LogP contribution in [0.4, 0.5) is 10.5 Å². The summed E-state index contributed by atoms with van der Waals surface area (Å²) in [7, 11) is 0. The van der Waals surface area contributed by atoms with E-state index in [4.69, 9.17) is 31.0 Å². The SMILES string of the molecule is CC(C)(C)/C(N)=C/C(=Nc1cccc(CCN2CCOCC2)c1)NC(=O)NC1CCC(Oc2ccc(=N)n(C(=N)N3CCCCC3)c2)c2ccccc21. The van der Waals surface area contributed by atoms with Crippen molar-refractivity contribution in [3.63, 3.8) is 0 Å².